The van der Waals surface area contributed by atoms with Crippen LogP contribution in [0.25, 0.3) is 0 Å². The van der Waals surface area contributed by atoms with Gasteiger partial charge in [0, 0.05) is 17.9 Å². The van der Waals surface area contributed by atoms with Crippen LogP contribution in [0.15, 0.2) is 48.5 Å². The number of carbonyl (C=O) groups excluding carboxylic acids is 2. The zero-order valence-corrected chi connectivity index (χ0v) is 14.3. The minimum Gasteiger partial charge on any atom is -0.326 e. The molecule has 2 unspecified atom stereocenters. The number of anilines is 2. The van der Waals surface area contributed by atoms with Gasteiger partial charge in [-0.05, 0) is 56.2 Å². The van der Waals surface area contributed by atoms with Crippen molar-refractivity contribution in [2.75, 3.05) is 16.8 Å². The fraction of sp³-hybridized carbons (Fsp3) is 0.300. The number of hydrogen-bond donors (Lipinski definition) is 1. The van der Waals surface area contributed by atoms with E-state index < -0.39 is 5.82 Å². The fourth-order valence-electron chi connectivity index (χ4n) is 3.02. The summed E-state index contributed by atoms with van der Waals surface area (Å²) in [5, 5.41) is 2.69. The normalized spacial score (nSPS) is 18.5. The first kappa shape index (κ1) is 17.1. The molecule has 1 aliphatic rings. The molecule has 2 atom stereocenters. The zero-order chi connectivity index (χ0) is 18.0. The molecule has 1 N–H and O–H groups in total. The first-order valence-electron chi connectivity index (χ1n) is 8.44. The average Bonchev–Trinajstić information content (AvgIpc) is 3.36. The molecule has 3 rings (SSSR count). The van der Waals surface area contributed by atoms with Gasteiger partial charge in [0.05, 0.1) is 11.8 Å². The third-order valence-corrected chi connectivity index (χ3v) is 4.43. The molecule has 130 valence electrons. The molecule has 0 saturated heterocycles. The third-order valence-electron chi connectivity index (χ3n) is 4.43. The van der Waals surface area contributed by atoms with E-state index in [1.165, 1.54) is 18.2 Å². The molecule has 0 aliphatic heterocycles. The molecular weight excluding hydrogens is 319 g/mol. The van der Waals surface area contributed by atoms with Crippen molar-refractivity contribution in [3.63, 3.8) is 0 Å². The van der Waals surface area contributed by atoms with E-state index in [1.807, 2.05) is 38.1 Å². The van der Waals surface area contributed by atoms with Gasteiger partial charge in [0.1, 0.15) is 5.82 Å². The lowest BCUT2D eigenvalue weighted by Gasteiger charge is -2.21. The fourth-order valence-corrected chi connectivity index (χ4v) is 3.02. The Balaban J connectivity index is 1.65. The molecule has 0 aromatic heterocycles. The van der Waals surface area contributed by atoms with Gasteiger partial charge in [-0.25, -0.2) is 4.39 Å². The second-order valence-electron chi connectivity index (χ2n) is 6.37. The maximum atomic E-state index is 13.2. The van der Waals surface area contributed by atoms with E-state index in [1.54, 1.807) is 11.0 Å². The van der Waals surface area contributed by atoms with Crippen LogP contribution in [0.1, 0.15) is 18.9 Å². The molecule has 2 aromatic rings. The Bertz CT molecular complexity index is 806. The zero-order valence-electron chi connectivity index (χ0n) is 14.3. The molecule has 1 fully saturated rings. The van der Waals surface area contributed by atoms with Crippen LogP contribution in [0.3, 0.4) is 0 Å². The maximum Gasteiger partial charge on any atom is 0.230 e. The van der Waals surface area contributed by atoms with Crippen molar-refractivity contribution in [3.8, 4) is 0 Å². The van der Waals surface area contributed by atoms with Crippen molar-refractivity contribution in [3.05, 3.63) is 59.9 Å². The van der Waals surface area contributed by atoms with E-state index >= 15 is 0 Å². The standard InChI is InChI=1S/C20H21FN2O2/c1-3-23(16-9-4-6-13(2)10-16)20(25)18-12-17(18)19(24)22-15-8-5-7-14(21)11-15/h4-11,17-18H,3,12H2,1-2H3,(H,22,24). The van der Waals surface area contributed by atoms with Gasteiger partial charge in [0.15, 0.2) is 0 Å². The summed E-state index contributed by atoms with van der Waals surface area (Å²) >= 11 is 0. The predicted octanol–water partition coefficient (Wildman–Crippen LogP) is 3.76. The summed E-state index contributed by atoms with van der Waals surface area (Å²) in [6, 6.07) is 13.5. The summed E-state index contributed by atoms with van der Waals surface area (Å²) in [6.45, 7) is 4.45. The second-order valence-corrected chi connectivity index (χ2v) is 6.37. The van der Waals surface area contributed by atoms with E-state index in [0.717, 1.165) is 11.3 Å². The van der Waals surface area contributed by atoms with Gasteiger partial charge in [-0.1, -0.05) is 18.2 Å². The number of nitrogens with zero attached hydrogens (tertiary/aromatic N) is 1. The number of hydrogen-bond acceptors (Lipinski definition) is 2. The highest BCUT2D eigenvalue weighted by atomic mass is 19.1. The molecule has 0 heterocycles. The third kappa shape index (κ3) is 3.87. The van der Waals surface area contributed by atoms with Crippen LogP contribution in [0, 0.1) is 24.6 Å². The molecule has 0 bridgehead atoms. The number of nitrogens with one attached hydrogen (secondary N) is 1. The average molecular weight is 340 g/mol. The number of amides is 2. The largest absolute Gasteiger partial charge is 0.326 e. The predicted molar refractivity (Wildman–Crippen MR) is 95.8 cm³/mol. The highest BCUT2D eigenvalue weighted by Gasteiger charge is 2.49. The van der Waals surface area contributed by atoms with Gasteiger partial charge < -0.3 is 10.2 Å². The van der Waals surface area contributed by atoms with Crippen molar-refractivity contribution in [2.45, 2.75) is 20.3 Å². The van der Waals surface area contributed by atoms with Crippen LogP contribution < -0.4 is 10.2 Å². The Morgan fingerprint density at radius 3 is 2.60 bits per heavy atom. The van der Waals surface area contributed by atoms with Crippen molar-refractivity contribution >= 4 is 23.2 Å². The summed E-state index contributed by atoms with van der Waals surface area (Å²) in [5.41, 5.74) is 2.35. The SMILES string of the molecule is CCN(C(=O)C1CC1C(=O)Nc1cccc(F)c1)c1cccc(C)c1. The van der Waals surface area contributed by atoms with Crippen molar-refractivity contribution < 1.29 is 14.0 Å². The van der Waals surface area contributed by atoms with E-state index in [0.29, 0.717) is 18.7 Å². The van der Waals surface area contributed by atoms with E-state index in [9.17, 15) is 14.0 Å². The topological polar surface area (TPSA) is 49.4 Å². The monoisotopic (exact) mass is 340 g/mol. The lowest BCUT2D eigenvalue weighted by Crippen LogP contribution is -2.33. The Labute approximate surface area is 146 Å². The molecular formula is C20H21FN2O2. The quantitative estimate of drug-likeness (QED) is 0.901. The second kappa shape index (κ2) is 7.05. The summed E-state index contributed by atoms with van der Waals surface area (Å²) < 4.78 is 13.2. The number of rotatable bonds is 5. The van der Waals surface area contributed by atoms with Gasteiger partial charge in [0.2, 0.25) is 11.8 Å². The van der Waals surface area contributed by atoms with E-state index in [4.69, 9.17) is 0 Å². The first-order valence-corrected chi connectivity index (χ1v) is 8.44. The Morgan fingerprint density at radius 1 is 1.16 bits per heavy atom. The van der Waals surface area contributed by atoms with Gasteiger partial charge in [-0.15, -0.1) is 0 Å². The van der Waals surface area contributed by atoms with Crippen LogP contribution in [0.2, 0.25) is 0 Å². The van der Waals surface area contributed by atoms with Crippen LogP contribution in [-0.2, 0) is 9.59 Å². The summed E-state index contributed by atoms with van der Waals surface area (Å²) in [7, 11) is 0. The lowest BCUT2D eigenvalue weighted by atomic mass is 10.2. The number of carbonyl (C=O) groups is 2. The molecule has 2 aromatic carbocycles. The maximum absolute atomic E-state index is 13.2. The molecule has 5 heteroatoms. The highest BCUT2D eigenvalue weighted by molar-refractivity contribution is 6.04. The molecule has 0 radical (unpaired) electrons. The van der Waals surface area contributed by atoms with Crippen LogP contribution in [0.4, 0.5) is 15.8 Å². The highest BCUT2D eigenvalue weighted by Crippen LogP contribution is 2.41. The summed E-state index contributed by atoms with van der Waals surface area (Å²) in [4.78, 5) is 26.8. The minimum absolute atomic E-state index is 0.0347. The van der Waals surface area contributed by atoms with Crippen molar-refractivity contribution in [1.29, 1.82) is 0 Å². The first-order chi connectivity index (χ1) is 12.0. The van der Waals surface area contributed by atoms with Gasteiger partial charge >= 0.3 is 0 Å². The van der Waals surface area contributed by atoms with E-state index in [2.05, 4.69) is 5.32 Å². The Hall–Kier alpha value is -2.69. The number of halogens is 1. The smallest absolute Gasteiger partial charge is 0.230 e. The van der Waals surface area contributed by atoms with Crippen molar-refractivity contribution in [2.24, 2.45) is 11.8 Å². The minimum atomic E-state index is -0.405. The molecule has 4 nitrogen and oxygen atoms in total. The summed E-state index contributed by atoms with van der Waals surface area (Å²) in [6.07, 6.45) is 0.530. The molecule has 0 spiro atoms. The number of aryl methyl sites for hydroxylation is 1. The van der Waals surface area contributed by atoms with E-state index in [-0.39, 0.29) is 23.7 Å². The van der Waals surface area contributed by atoms with Crippen LogP contribution in [0.5, 0.6) is 0 Å². The van der Waals surface area contributed by atoms with Gasteiger partial charge in [0.25, 0.3) is 0 Å². The molecule has 1 aliphatic carbocycles. The molecule has 25 heavy (non-hydrogen) atoms. The molecule has 1 saturated carbocycles. The molecule has 2 amide bonds. The van der Waals surface area contributed by atoms with Gasteiger partial charge in [-0.2, -0.15) is 0 Å². The number of benzene rings is 2. The lowest BCUT2D eigenvalue weighted by molar-refractivity contribution is -0.123. The van der Waals surface area contributed by atoms with Crippen LogP contribution in [-0.4, -0.2) is 18.4 Å². The van der Waals surface area contributed by atoms with Gasteiger partial charge in [-0.3, -0.25) is 9.59 Å². The Morgan fingerprint density at radius 2 is 1.92 bits per heavy atom. The Kier molecular flexibility index (Phi) is 4.83. The van der Waals surface area contributed by atoms with Crippen molar-refractivity contribution in [1.82, 2.24) is 0 Å². The summed E-state index contributed by atoms with van der Waals surface area (Å²) in [5.74, 6) is -1.33. The van der Waals surface area contributed by atoms with Crippen LogP contribution >= 0.6 is 0 Å².